The molecule has 1 N–H and O–H groups in total. The number of benzene rings is 1. The van der Waals surface area contributed by atoms with Crippen LogP contribution in [0.1, 0.15) is 43.7 Å². The highest BCUT2D eigenvalue weighted by molar-refractivity contribution is 6.31. The van der Waals surface area contributed by atoms with Crippen molar-refractivity contribution >= 4 is 28.4 Å². The van der Waals surface area contributed by atoms with Crippen molar-refractivity contribution in [2.75, 3.05) is 19.6 Å². The molecular formula is C21H28ClN3O2. The van der Waals surface area contributed by atoms with Crippen molar-refractivity contribution in [3.63, 3.8) is 0 Å². The average Bonchev–Trinajstić information content (AvgIpc) is 2.58. The van der Waals surface area contributed by atoms with E-state index in [1.54, 1.807) is 0 Å². The van der Waals surface area contributed by atoms with E-state index in [0.29, 0.717) is 22.8 Å². The second kappa shape index (κ2) is 7.74. The Labute approximate surface area is 166 Å². The predicted octanol–water partition coefficient (Wildman–Crippen LogP) is 3.81. The van der Waals surface area contributed by atoms with Gasteiger partial charge in [0.15, 0.2) is 0 Å². The maximum absolute atomic E-state index is 12.8. The maximum Gasteiger partial charge on any atom is 0.253 e. The number of hydrogen-bond donors (Lipinski definition) is 1. The monoisotopic (exact) mass is 389 g/mol. The summed E-state index contributed by atoms with van der Waals surface area (Å²) in [5.41, 5.74) is 1.98. The van der Waals surface area contributed by atoms with Crippen LogP contribution in [0, 0.1) is 6.92 Å². The fourth-order valence-electron chi connectivity index (χ4n) is 3.65. The number of pyridine rings is 1. The number of fused-ring (bicyclic) bond motifs is 1. The van der Waals surface area contributed by atoms with Crippen LogP contribution in [0.5, 0.6) is 0 Å². The molecule has 2 heterocycles. The summed E-state index contributed by atoms with van der Waals surface area (Å²) in [5, 5.41) is 4.60. The first-order valence-corrected chi connectivity index (χ1v) is 9.79. The van der Waals surface area contributed by atoms with E-state index in [1.807, 2.05) is 31.2 Å². The van der Waals surface area contributed by atoms with Crippen molar-refractivity contribution in [3.05, 3.63) is 40.5 Å². The molecule has 0 spiro atoms. The number of aromatic nitrogens is 1. The normalized spacial score (nSPS) is 21.4. The lowest BCUT2D eigenvalue weighted by Crippen LogP contribution is -2.58. The fourth-order valence-corrected chi connectivity index (χ4v) is 3.83. The van der Waals surface area contributed by atoms with Crippen LogP contribution in [0.3, 0.4) is 0 Å². The molecule has 0 bridgehead atoms. The first-order valence-electron chi connectivity index (χ1n) is 9.41. The summed E-state index contributed by atoms with van der Waals surface area (Å²) in [6.45, 7) is 12.6. The molecule has 0 aliphatic carbocycles. The minimum Gasteiger partial charge on any atom is -0.373 e. The minimum atomic E-state index is -0.163. The highest BCUT2D eigenvalue weighted by Gasteiger charge is 2.33. The van der Waals surface area contributed by atoms with Crippen molar-refractivity contribution in [2.24, 2.45) is 0 Å². The van der Waals surface area contributed by atoms with E-state index in [-0.39, 0.29) is 23.7 Å². The Balaban J connectivity index is 1.73. The van der Waals surface area contributed by atoms with Gasteiger partial charge in [0.1, 0.15) is 0 Å². The highest BCUT2D eigenvalue weighted by Crippen LogP contribution is 2.22. The summed E-state index contributed by atoms with van der Waals surface area (Å²) < 4.78 is 5.82. The van der Waals surface area contributed by atoms with Gasteiger partial charge in [0.2, 0.25) is 0 Å². The standard InChI is InChI=1S/C21H28ClN3O2/c1-13-10-25(11-14(2)27-13)21(4,5)12-23-20(26)18-9-16-8-17(22)6-7-19(16)24-15(18)3/h6-9,13-14H,10-12H2,1-5H3,(H,23,26)/t13-,14-/m0/s1. The van der Waals surface area contributed by atoms with E-state index in [2.05, 4.69) is 42.9 Å². The number of halogens is 1. The lowest BCUT2D eigenvalue weighted by Gasteiger charge is -2.45. The van der Waals surface area contributed by atoms with Crippen LogP contribution < -0.4 is 5.32 Å². The van der Waals surface area contributed by atoms with Crippen molar-refractivity contribution < 1.29 is 9.53 Å². The number of morpholine rings is 1. The molecule has 1 aliphatic rings. The molecule has 27 heavy (non-hydrogen) atoms. The summed E-state index contributed by atoms with van der Waals surface area (Å²) in [6, 6.07) is 7.38. The van der Waals surface area contributed by atoms with Crippen molar-refractivity contribution in [2.45, 2.75) is 52.4 Å². The number of hydrogen-bond acceptors (Lipinski definition) is 4. The molecule has 1 saturated heterocycles. The summed E-state index contributed by atoms with van der Waals surface area (Å²) >= 11 is 6.08. The predicted molar refractivity (Wildman–Crippen MR) is 109 cm³/mol. The third-order valence-corrected chi connectivity index (χ3v) is 5.40. The van der Waals surface area contributed by atoms with E-state index >= 15 is 0 Å². The minimum absolute atomic E-state index is 0.107. The topological polar surface area (TPSA) is 54.5 Å². The third-order valence-electron chi connectivity index (χ3n) is 5.17. The third kappa shape index (κ3) is 4.60. The lowest BCUT2D eigenvalue weighted by molar-refractivity contribution is -0.0948. The second-order valence-corrected chi connectivity index (χ2v) is 8.55. The quantitative estimate of drug-likeness (QED) is 0.863. The molecular weight excluding hydrogens is 362 g/mol. The Bertz CT molecular complexity index is 843. The molecule has 1 amide bonds. The summed E-state index contributed by atoms with van der Waals surface area (Å²) in [7, 11) is 0. The van der Waals surface area contributed by atoms with E-state index in [9.17, 15) is 4.79 Å². The van der Waals surface area contributed by atoms with Gasteiger partial charge in [-0.15, -0.1) is 0 Å². The van der Waals surface area contributed by atoms with Crippen LogP contribution in [-0.4, -0.2) is 53.2 Å². The molecule has 1 fully saturated rings. The molecule has 0 saturated carbocycles. The van der Waals surface area contributed by atoms with Crippen LogP contribution in [-0.2, 0) is 4.74 Å². The zero-order valence-corrected chi connectivity index (χ0v) is 17.4. The average molecular weight is 390 g/mol. The number of rotatable bonds is 4. The summed E-state index contributed by atoms with van der Waals surface area (Å²) in [4.78, 5) is 19.8. The molecule has 146 valence electrons. The first kappa shape index (κ1) is 20.1. The largest absolute Gasteiger partial charge is 0.373 e. The first-order chi connectivity index (χ1) is 12.7. The number of nitrogens with zero attached hydrogens (tertiary/aromatic N) is 2. The Morgan fingerprint density at radius 3 is 2.63 bits per heavy atom. The van der Waals surface area contributed by atoms with Gasteiger partial charge < -0.3 is 10.1 Å². The van der Waals surface area contributed by atoms with E-state index < -0.39 is 0 Å². The van der Waals surface area contributed by atoms with Gasteiger partial charge in [0, 0.05) is 35.6 Å². The number of carbonyl (C=O) groups is 1. The SMILES string of the molecule is Cc1nc2ccc(Cl)cc2cc1C(=O)NCC(C)(C)N1C[C@H](C)O[C@@H](C)C1. The number of nitrogens with one attached hydrogen (secondary N) is 1. The van der Waals surface area contributed by atoms with Crippen LogP contribution in [0.4, 0.5) is 0 Å². The van der Waals surface area contributed by atoms with Gasteiger partial charge in [-0.3, -0.25) is 14.7 Å². The van der Waals surface area contributed by atoms with Gasteiger partial charge in [0.25, 0.3) is 5.91 Å². The zero-order valence-electron chi connectivity index (χ0n) is 16.7. The van der Waals surface area contributed by atoms with Crippen LogP contribution >= 0.6 is 11.6 Å². The Morgan fingerprint density at radius 2 is 1.96 bits per heavy atom. The summed E-state index contributed by atoms with van der Waals surface area (Å²) in [6.07, 6.45) is 0.390. The smallest absolute Gasteiger partial charge is 0.253 e. The van der Waals surface area contributed by atoms with Crippen LogP contribution in [0.25, 0.3) is 10.9 Å². The van der Waals surface area contributed by atoms with Gasteiger partial charge in [-0.2, -0.15) is 0 Å². The molecule has 3 rings (SSSR count). The van der Waals surface area contributed by atoms with Gasteiger partial charge in [-0.25, -0.2) is 0 Å². The van der Waals surface area contributed by atoms with Crippen molar-refractivity contribution in [1.29, 1.82) is 0 Å². The van der Waals surface area contributed by atoms with Crippen LogP contribution in [0.2, 0.25) is 5.02 Å². The number of ether oxygens (including phenoxy) is 1. The maximum atomic E-state index is 12.8. The molecule has 1 aromatic heterocycles. The van der Waals surface area contributed by atoms with Crippen molar-refractivity contribution in [1.82, 2.24) is 15.2 Å². The Hall–Kier alpha value is -1.69. The number of amides is 1. The van der Waals surface area contributed by atoms with Crippen LogP contribution in [0.15, 0.2) is 24.3 Å². The molecule has 0 radical (unpaired) electrons. The van der Waals surface area contributed by atoms with E-state index in [1.165, 1.54) is 0 Å². The van der Waals surface area contributed by atoms with Crippen molar-refractivity contribution in [3.8, 4) is 0 Å². The zero-order chi connectivity index (χ0) is 19.8. The number of carbonyl (C=O) groups excluding carboxylic acids is 1. The van der Waals surface area contributed by atoms with Gasteiger partial charge in [-0.05, 0) is 58.9 Å². The Kier molecular flexibility index (Phi) is 5.75. The second-order valence-electron chi connectivity index (χ2n) is 8.12. The highest BCUT2D eigenvalue weighted by atomic mass is 35.5. The van der Waals surface area contributed by atoms with Gasteiger partial charge >= 0.3 is 0 Å². The number of aryl methyl sites for hydroxylation is 1. The molecule has 2 aromatic rings. The molecule has 2 atom stereocenters. The van der Waals surface area contributed by atoms with Gasteiger partial charge in [0.05, 0.1) is 29.0 Å². The molecule has 1 aliphatic heterocycles. The summed E-state index contributed by atoms with van der Waals surface area (Å²) in [5.74, 6) is -0.107. The molecule has 1 aromatic carbocycles. The molecule has 6 heteroatoms. The lowest BCUT2D eigenvalue weighted by atomic mass is 9.99. The van der Waals surface area contributed by atoms with E-state index in [0.717, 1.165) is 24.0 Å². The van der Waals surface area contributed by atoms with Gasteiger partial charge in [-0.1, -0.05) is 11.6 Å². The molecule has 0 unspecified atom stereocenters. The fraction of sp³-hybridized carbons (Fsp3) is 0.524. The molecule has 5 nitrogen and oxygen atoms in total. The Morgan fingerprint density at radius 1 is 1.30 bits per heavy atom. The van der Waals surface area contributed by atoms with E-state index in [4.69, 9.17) is 16.3 Å².